The van der Waals surface area contributed by atoms with Crippen LogP contribution in [0.5, 0.6) is 5.75 Å². The Hall–Kier alpha value is -1.44. The lowest BCUT2D eigenvalue weighted by molar-refractivity contribution is 0.349. The van der Waals surface area contributed by atoms with E-state index in [9.17, 15) is 5.11 Å². The van der Waals surface area contributed by atoms with Crippen molar-refractivity contribution in [3.63, 3.8) is 0 Å². The van der Waals surface area contributed by atoms with Crippen LogP contribution >= 0.6 is 0 Å². The van der Waals surface area contributed by atoms with Crippen LogP contribution < -0.4 is 5.32 Å². The van der Waals surface area contributed by atoms with Crippen molar-refractivity contribution in [3.05, 3.63) is 35.9 Å². The van der Waals surface area contributed by atoms with Gasteiger partial charge in [-0.3, -0.25) is 0 Å². The largest absolute Gasteiger partial charge is 0.507 e. The summed E-state index contributed by atoms with van der Waals surface area (Å²) >= 11 is 0. The number of nitrogens with one attached hydrogen (secondary N) is 1. The highest BCUT2D eigenvalue weighted by molar-refractivity contribution is 5.70. The summed E-state index contributed by atoms with van der Waals surface area (Å²) in [6.07, 6.45) is 0. The average molecular weight is 247 g/mol. The zero-order chi connectivity index (χ0) is 13.9. The summed E-state index contributed by atoms with van der Waals surface area (Å²) in [5.74, 6) is 1.33. The van der Waals surface area contributed by atoms with Crippen molar-refractivity contribution in [2.75, 3.05) is 0 Å². The van der Waals surface area contributed by atoms with Crippen molar-refractivity contribution in [3.8, 4) is 5.75 Å². The molecule has 2 nitrogen and oxygen atoms in total. The van der Waals surface area contributed by atoms with Crippen molar-refractivity contribution in [2.24, 2.45) is 11.8 Å². The lowest BCUT2D eigenvalue weighted by Crippen LogP contribution is -2.37. The average Bonchev–Trinajstić information content (AvgIpc) is 2.24. The van der Waals surface area contributed by atoms with Gasteiger partial charge in [-0.1, -0.05) is 46.4 Å². The van der Waals surface area contributed by atoms with Crippen LogP contribution in [0, 0.1) is 18.8 Å². The van der Waals surface area contributed by atoms with Gasteiger partial charge in [0.15, 0.2) is 0 Å². The molecule has 0 saturated carbocycles. The van der Waals surface area contributed by atoms with E-state index < -0.39 is 0 Å². The number of phenols is 1. The third kappa shape index (κ3) is 3.28. The van der Waals surface area contributed by atoms with Gasteiger partial charge in [-0.05, 0) is 30.4 Å². The minimum absolute atomic E-state index is 0.291. The molecule has 0 aliphatic carbocycles. The second kappa shape index (κ2) is 5.94. The topological polar surface area (TPSA) is 32.3 Å². The summed E-state index contributed by atoms with van der Waals surface area (Å²) in [5.41, 5.74) is 2.67. The monoisotopic (exact) mass is 247 g/mol. The predicted octanol–water partition coefficient (Wildman–Crippen LogP) is 3.94. The molecule has 0 bridgehead atoms. The van der Waals surface area contributed by atoms with Gasteiger partial charge in [-0.2, -0.15) is 0 Å². The van der Waals surface area contributed by atoms with Gasteiger partial charge in [0.05, 0.1) is 0 Å². The van der Waals surface area contributed by atoms with E-state index in [0.717, 1.165) is 16.8 Å². The Labute approximate surface area is 111 Å². The lowest BCUT2D eigenvalue weighted by Gasteiger charge is -2.29. The highest BCUT2D eigenvalue weighted by atomic mass is 16.3. The quantitative estimate of drug-likeness (QED) is 0.826. The summed E-state index contributed by atoms with van der Waals surface area (Å²) in [7, 11) is 0. The maximum atomic E-state index is 9.95. The summed E-state index contributed by atoms with van der Waals surface area (Å²) in [6.45, 7) is 14.9. The Morgan fingerprint density at radius 1 is 1.17 bits per heavy atom. The standard InChI is InChI=1S/C16H25NO/c1-10(2)16(11(3)4)17-13(6)15-12(5)8-7-9-14(15)18/h7-11,16-18H,6H2,1-5H3. The number of benzene rings is 1. The molecule has 0 fully saturated rings. The fourth-order valence-corrected chi connectivity index (χ4v) is 2.42. The van der Waals surface area contributed by atoms with Crippen molar-refractivity contribution < 1.29 is 5.11 Å². The Bertz CT molecular complexity index is 393. The third-order valence-electron chi connectivity index (χ3n) is 3.33. The van der Waals surface area contributed by atoms with Gasteiger partial charge in [0.25, 0.3) is 0 Å². The van der Waals surface area contributed by atoms with Gasteiger partial charge in [-0.15, -0.1) is 0 Å². The number of hydrogen-bond acceptors (Lipinski definition) is 2. The highest BCUT2D eigenvalue weighted by Gasteiger charge is 2.19. The number of hydrogen-bond donors (Lipinski definition) is 2. The molecule has 18 heavy (non-hydrogen) atoms. The summed E-state index contributed by atoms with van der Waals surface area (Å²) < 4.78 is 0. The van der Waals surface area contributed by atoms with E-state index in [0.29, 0.717) is 23.6 Å². The molecular weight excluding hydrogens is 222 g/mol. The molecule has 100 valence electrons. The van der Waals surface area contributed by atoms with E-state index in [1.54, 1.807) is 6.07 Å². The summed E-state index contributed by atoms with van der Waals surface area (Å²) in [4.78, 5) is 0. The first-order valence-corrected chi connectivity index (χ1v) is 6.59. The van der Waals surface area contributed by atoms with Gasteiger partial charge in [0.1, 0.15) is 5.75 Å². The molecule has 0 aliphatic rings. The number of aromatic hydroxyl groups is 1. The molecule has 0 heterocycles. The Balaban J connectivity index is 2.94. The molecule has 0 unspecified atom stereocenters. The molecule has 1 aromatic carbocycles. The van der Waals surface area contributed by atoms with Crippen LogP contribution in [-0.2, 0) is 0 Å². The molecule has 0 amide bonds. The first kappa shape index (κ1) is 14.6. The van der Waals surface area contributed by atoms with E-state index in [-0.39, 0.29) is 0 Å². The van der Waals surface area contributed by atoms with Crippen LogP contribution in [0.15, 0.2) is 24.8 Å². The first-order valence-electron chi connectivity index (χ1n) is 6.59. The zero-order valence-corrected chi connectivity index (χ0v) is 12.1. The van der Waals surface area contributed by atoms with Crippen LogP contribution in [0.2, 0.25) is 0 Å². The van der Waals surface area contributed by atoms with Gasteiger partial charge in [0, 0.05) is 17.3 Å². The maximum absolute atomic E-state index is 9.95. The smallest absolute Gasteiger partial charge is 0.125 e. The van der Waals surface area contributed by atoms with Gasteiger partial charge >= 0.3 is 0 Å². The fraction of sp³-hybridized carbons (Fsp3) is 0.500. The molecule has 1 aromatic rings. The normalized spacial score (nSPS) is 11.3. The first-order chi connectivity index (χ1) is 8.34. The van der Waals surface area contributed by atoms with E-state index >= 15 is 0 Å². The maximum Gasteiger partial charge on any atom is 0.125 e. The van der Waals surface area contributed by atoms with Crippen molar-refractivity contribution in [1.29, 1.82) is 0 Å². The van der Waals surface area contributed by atoms with E-state index in [2.05, 4.69) is 39.6 Å². The Morgan fingerprint density at radius 3 is 2.17 bits per heavy atom. The van der Waals surface area contributed by atoms with Gasteiger partial charge in [0.2, 0.25) is 0 Å². The molecule has 0 atom stereocenters. The molecule has 0 aromatic heterocycles. The second-order valence-corrected chi connectivity index (χ2v) is 5.61. The van der Waals surface area contributed by atoms with Crippen LogP contribution in [0.3, 0.4) is 0 Å². The predicted molar refractivity (Wildman–Crippen MR) is 78.5 cm³/mol. The third-order valence-corrected chi connectivity index (χ3v) is 3.33. The minimum atomic E-state index is 0.291. The van der Waals surface area contributed by atoms with Crippen molar-refractivity contribution in [1.82, 2.24) is 5.32 Å². The molecule has 0 radical (unpaired) electrons. The number of aryl methyl sites for hydroxylation is 1. The summed E-state index contributed by atoms with van der Waals surface area (Å²) in [6, 6.07) is 5.90. The number of phenolic OH excluding ortho intramolecular Hbond substituents is 1. The zero-order valence-electron chi connectivity index (χ0n) is 12.1. The Morgan fingerprint density at radius 2 is 1.72 bits per heavy atom. The highest BCUT2D eigenvalue weighted by Crippen LogP contribution is 2.27. The van der Waals surface area contributed by atoms with Gasteiger partial charge < -0.3 is 10.4 Å². The van der Waals surface area contributed by atoms with Crippen LogP contribution in [0.25, 0.3) is 5.70 Å². The molecular formula is C16H25NO. The second-order valence-electron chi connectivity index (χ2n) is 5.61. The molecule has 2 heteroatoms. The molecule has 0 spiro atoms. The van der Waals surface area contributed by atoms with Crippen LogP contribution in [0.4, 0.5) is 0 Å². The van der Waals surface area contributed by atoms with Crippen LogP contribution in [0.1, 0.15) is 38.8 Å². The Kier molecular flexibility index (Phi) is 4.83. The summed E-state index contributed by atoms with van der Waals surface area (Å²) in [5, 5.41) is 13.4. The number of rotatable bonds is 5. The van der Waals surface area contributed by atoms with Crippen molar-refractivity contribution in [2.45, 2.75) is 40.7 Å². The SMILES string of the molecule is C=C(NC(C(C)C)C(C)C)c1c(C)cccc1O. The van der Waals surface area contributed by atoms with Crippen LogP contribution in [-0.4, -0.2) is 11.1 Å². The van der Waals surface area contributed by atoms with Crippen molar-refractivity contribution >= 4 is 5.70 Å². The minimum Gasteiger partial charge on any atom is -0.507 e. The van der Waals surface area contributed by atoms with E-state index in [1.165, 1.54) is 0 Å². The molecule has 0 aliphatic heterocycles. The molecule has 1 rings (SSSR count). The van der Waals surface area contributed by atoms with Gasteiger partial charge in [-0.25, -0.2) is 0 Å². The van der Waals surface area contributed by atoms with E-state index in [1.807, 2.05) is 19.1 Å². The molecule has 2 N–H and O–H groups in total. The lowest BCUT2D eigenvalue weighted by atomic mass is 9.92. The fourth-order valence-electron chi connectivity index (χ4n) is 2.42. The molecule has 0 saturated heterocycles. The van der Waals surface area contributed by atoms with E-state index in [4.69, 9.17) is 0 Å².